The maximum Gasteiger partial charge on any atom is 0.265 e. The number of hydrogen-bond acceptors (Lipinski definition) is 3. The zero-order valence-corrected chi connectivity index (χ0v) is 13.2. The lowest BCUT2D eigenvalue weighted by molar-refractivity contribution is -0.122. The predicted octanol–water partition coefficient (Wildman–Crippen LogP) is 4.29. The third-order valence-corrected chi connectivity index (χ3v) is 3.60. The lowest BCUT2D eigenvalue weighted by Gasteiger charge is -2.16. The molecule has 0 saturated heterocycles. The molecule has 0 bridgehead atoms. The molecule has 1 atom stereocenters. The molecule has 0 aliphatic rings. The van der Waals surface area contributed by atoms with Crippen LogP contribution in [-0.2, 0) is 4.79 Å². The van der Waals surface area contributed by atoms with Crippen molar-refractivity contribution in [2.45, 2.75) is 13.0 Å². The lowest BCUT2D eigenvalue weighted by Crippen LogP contribution is -2.30. The number of pyridine rings is 1. The van der Waals surface area contributed by atoms with Gasteiger partial charge in [0.1, 0.15) is 11.3 Å². The second-order valence-electron chi connectivity index (χ2n) is 5.09. The maximum absolute atomic E-state index is 12.3. The van der Waals surface area contributed by atoms with Crippen molar-refractivity contribution in [2.24, 2.45) is 0 Å². The number of aromatic nitrogens is 1. The molecule has 1 aromatic heterocycles. The number of anilines is 1. The molecule has 0 unspecified atom stereocenters. The van der Waals surface area contributed by atoms with Crippen LogP contribution in [-0.4, -0.2) is 17.0 Å². The van der Waals surface area contributed by atoms with Gasteiger partial charge in [-0.15, -0.1) is 0 Å². The predicted molar refractivity (Wildman–Crippen MR) is 91.9 cm³/mol. The van der Waals surface area contributed by atoms with Crippen LogP contribution >= 0.6 is 11.6 Å². The molecule has 23 heavy (non-hydrogen) atoms. The van der Waals surface area contributed by atoms with Crippen molar-refractivity contribution in [2.75, 3.05) is 5.32 Å². The fourth-order valence-corrected chi connectivity index (χ4v) is 2.42. The van der Waals surface area contributed by atoms with Crippen LogP contribution in [0, 0.1) is 0 Å². The van der Waals surface area contributed by atoms with Crippen molar-refractivity contribution in [1.82, 2.24) is 4.98 Å². The minimum Gasteiger partial charge on any atom is -0.479 e. The lowest BCUT2D eigenvalue weighted by atomic mass is 10.2. The maximum atomic E-state index is 12.3. The third kappa shape index (κ3) is 3.60. The van der Waals surface area contributed by atoms with E-state index in [0.29, 0.717) is 16.5 Å². The van der Waals surface area contributed by atoms with Crippen LogP contribution in [0.15, 0.2) is 60.8 Å². The second kappa shape index (κ2) is 6.67. The van der Waals surface area contributed by atoms with Crippen LogP contribution in [0.2, 0.25) is 5.02 Å². The van der Waals surface area contributed by atoms with Gasteiger partial charge in [-0.2, -0.15) is 0 Å². The van der Waals surface area contributed by atoms with Crippen molar-refractivity contribution in [3.05, 3.63) is 65.8 Å². The van der Waals surface area contributed by atoms with Gasteiger partial charge in [-0.05, 0) is 37.3 Å². The summed E-state index contributed by atoms with van der Waals surface area (Å²) in [6.07, 6.45) is 1.04. The summed E-state index contributed by atoms with van der Waals surface area (Å²) in [7, 11) is 0. The van der Waals surface area contributed by atoms with Crippen molar-refractivity contribution in [3.63, 3.8) is 0 Å². The summed E-state index contributed by atoms with van der Waals surface area (Å²) in [5, 5.41) is 4.31. The fourth-order valence-electron chi connectivity index (χ4n) is 2.23. The Morgan fingerprint density at radius 3 is 2.78 bits per heavy atom. The van der Waals surface area contributed by atoms with Crippen LogP contribution in [0.5, 0.6) is 5.75 Å². The zero-order valence-electron chi connectivity index (χ0n) is 12.5. The molecule has 3 rings (SSSR count). The van der Waals surface area contributed by atoms with E-state index in [1.165, 1.54) is 0 Å². The van der Waals surface area contributed by atoms with E-state index in [4.69, 9.17) is 16.3 Å². The van der Waals surface area contributed by atoms with E-state index < -0.39 is 6.10 Å². The number of ether oxygens (including phenoxy) is 1. The number of rotatable bonds is 4. The molecule has 1 amide bonds. The Labute approximate surface area is 139 Å². The van der Waals surface area contributed by atoms with Gasteiger partial charge in [0, 0.05) is 22.3 Å². The van der Waals surface area contributed by atoms with E-state index in [1.54, 1.807) is 43.5 Å². The largest absolute Gasteiger partial charge is 0.479 e. The van der Waals surface area contributed by atoms with E-state index in [9.17, 15) is 4.79 Å². The Hall–Kier alpha value is -2.59. The highest BCUT2D eigenvalue weighted by atomic mass is 35.5. The number of carbonyl (C=O) groups is 1. The van der Waals surface area contributed by atoms with Crippen molar-refractivity contribution in [1.29, 1.82) is 0 Å². The first kappa shape index (κ1) is 15.3. The van der Waals surface area contributed by atoms with Gasteiger partial charge in [0.15, 0.2) is 6.10 Å². The highest BCUT2D eigenvalue weighted by Gasteiger charge is 2.16. The normalized spacial score (nSPS) is 11.9. The molecule has 0 spiro atoms. The summed E-state index contributed by atoms with van der Waals surface area (Å²) in [5.41, 5.74) is 1.37. The summed E-state index contributed by atoms with van der Waals surface area (Å²) < 4.78 is 5.78. The second-order valence-corrected chi connectivity index (χ2v) is 5.53. The van der Waals surface area contributed by atoms with Gasteiger partial charge >= 0.3 is 0 Å². The third-order valence-electron chi connectivity index (χ3n) is 3.36. The van der Waals surface area contributed by atoms with E-state index >= 15 is 0 Å². The molecule has 0 saturated carbocycles. The number of carbonyl (C=O) groups excluding carboxylic acids is 1. The highest BCUT2D eigenvalue weighted by Crippen LogP contribution is 2.24. The van der Waals surface area contributed by atoms with Crippen LogP contribution in [0.3, 0.4) is 0 Å². The number of amides is 1. The Bertz CT molecular complexity index is 846. The minimum absolute atomic E-state index is 0.250. The SMILES string of the molecule is C[C@H](Oc1cccc2cccnc12)C(=O)Nc1cccc(Cl)c1. The topological polar surface area (TPSA) is 51.2 Å². The molecular formula is C18H15ClN2O2. The first-order valence-electron chi connectivity index (χ1n) is 7.20. The van der Waals surface area contributed by atoms with Gasteiger partial charge in [0.05, 0.1) is 0 Å². The van der Waals surface area contributed by atoms with Gasteiger partial charge in [-0.1, -0.05) is 35.9 Å². The van der Waals surface area contributed by atoms with Gasteiger partial charge < -0.3 is 10.1 Å². The van der Waals surface area contributed by atoms with Gasteiger partial charge in [-0.3, -0.25) is 9.78 Å². The average molecular weight is 327 g/mol. The molecule has 4 nitrogen and oxygen atoms in total. The molecule has 0 radical (unpaired) electrons. The number of fused-ring (bicyclic) bond motifs is 1. The van der Waals surface area contributed by atoms with Crippen LogP contribution in [0.25, 0.3) is 10.9 Å². The number of halogens is 1. The number of para-hydroxylation sites is 1. The summed E-state index contributed by atoms with van der Waals surface area (Å²) in [6, 6.07) is 16.4. The minimum atomic E-state index is -0.665. The molecular weight excluding hydrogens is 312 g/mol. The van der Waals surface area contributed by atoms with Crippen LogP contribution < -0.4 is 10.1 Å². The number of nitrogens with one attached hydrogen (secondary N) is 1. The Balaban J connectivity index is 1.75. The molecule has 1 heterocycles. The molecule has 1 N–H and O–H groups in total. The Kier molecular flexibility index (Phi) is 4.44. The highest BCUT2D eigenvalue weighted by molar-refractivity contribution is 6.30. The first-order chi connectivity index (χ1) is 11.1. The van der Waals surface area contributed by atoms with Crippen LogP contribution in [0.4, 0.5) is 5.69 Å². The van der Waals surface area contributed by atoms with Gasteiger partial charge in [0.2, 0.25) is 0 Å². The molecule has 0 fully saturated rings. The van der Waals surface area contributed by atoms with Gasteiger partial charge in [-0.25, -0.2) is 0 Å². The van der Waals surface area contributed by atoms with Gasteiger partial charge in [0.25, 0.3) is 5.91 Å². The van der Waals surface area contributed by atoms with Crippen molar-refractivity contribution >= 4 is 34.1 Å². The molecule has 0 aliphatic heterocycles. The summed E-state index contributed by atoms with van der Waals surface area (Å²) in [4.78, 5) is 16.6. The number of hydrogen-bond donors (Lipinski definition) is 1. The zero-order chi connectivity index (χ0) is 16.2. The summed E-state index contributed by atoms with van der Waals surface area (Å²) in [6.45, 7) is 1.70. The van der Waals surface area contributed by atoms with Crippen molar-refractivity contribution < 1.29 is 9.53 Å². The number of nitrogens with zero attached hydrogens (tertiary/aromatic N) is 1. The molecule has 116 valence electrons. The Morgan fingerprint density at radius 1 is 1.17 bits per heavy atom. The van der Waals surface area contributed by atoms with Crippen LogP contribution in [0.1, 0.15) is 6.92 Å². The average Bonchev–Trinajstić information content (AvgIpc) is 2.55. The molecule has 5 heteroatoms. The fraction of sp³-hybridized carbons (Fsp3) is 0.111. The quantitative estimate of drug-likeness (QED) is 0.778. The molecule has 2 aromatic carbocycles. The summed E-state index contributed by atoms with van der Waals surface area (Å²) >= 11 is 5.91. The van der Waals surface area contributed by atoms with E-state index in [1.807, 2.05) is 24.3 Å². The van der Waals surface area contributed by atoms with Crippen molar-refractivity contribution in [3.8, 4) is 5.75 Å². The first-order valence-corrected chi connectivity index (χ1v) is 7.58. The molecule has 3 aromatic rings. The number of benzene rings is 2. The standard InChI is InChI=1S/C18H15ClN2O2/c1-12(18(22)21-15-8-3-7-14(19)11-15)23-16-9-2-5-13-6-4-10-20-17(13)16/h2-12H,1H3,(H,21,22)/t12-/m0/s1. The molecule has 0 aliphatic carbocycles. The van der Waals surface area contributed by atoms with E-state index in [2.05, 4.69) is 10.3 Å². The Morgan fingerprint density at radius 2 is 1.96 bits per heavy atom. The van der Waals surface area contributed by atoms with E-state index in [-0.39, 0.29) is 5.91 Å². The monoisotopic (exact) mass is 326 g/mol. The summed E-state index contributed by atoms with van der Waals surface area (Å²) in [5.74, 6) is 0.331. The van der Waals surface area contributed by atoms with E-state index in [0.717, 1.165) is 10.9 Å². The smallest absolute Gasteiger partial charge is 0.265 e.